The van der Waals surface area contributed by atoms with Crippen molar-refractivity contribution in [3.63, 3.8) is 0 Å². The summed E-state index contributed by atoms with van der Waals surface area (Å²) in [6, 6.07) is -2.69. The van der Waals surface area contributed by atoms with E-state index in [-0.39, 0.29) is 0 Å². The molecule has 0 radical (unpaired) electrons. The molecular weight excluding hydrogens is 290 g/mol. The summed E-state index contributed by atoms with van der Waals surface area (Å²) >= 11 is 10.9. The van der Waals surface area contributed by atoms with Gasteiger partial charge in [0.2, 0.25) is 0 Å². The summed E-state index contributed by atoms with van der Waals surface area (Å²) in [5.74, 6) is -5.14. The zero-order chi connectivity index (χ0) is 13.4. The number of nitrogens with two attached hydrogens (primary N) is 1. The molecule has 0 saturated heterocycles. The molecule has 0 amide bonds. The van der Waals surface area contributed by atoms with Crippen LogP contribution in [0.5, 0.6) is 0 Å². The number of pyridine rings is 1. The molecule has 0 unspecified atom stereocenters. The first-order valence-corrected chi connectivity index (χ1v) is 4.83. The predicted molar refractivity (Wildman–Crippen MR) is 52.2 cm³/mol. The molecule has 1 rings (SSSR count). The van der Waals surface area contributed by atoms with Crippen LogP contribution in [-0.4, -0.2) is 17.1 Å². The molecule has 9 heteroatoms. The van der Waals surface area contributed by atoms with E-state index in [2.05, 4.69) is 4.98 Å². The topological polar surface area (TPSA) is 38.9 Å². The molecule has 2 nitrogen and oxygen atoms in total. The second kappa shape index (κ2) is 4.55. The van der Waals surface area contributed by atoms with Crippen molar-refractivity contribution in [2.75, 3.05) is 0 Å². The van der Waals surface area contributed by atoms with Crippen molar-refractivity contribution in [1.82, 2.24) is 4.98 Å². The van der Waals surface area contributed by atoms with Crippen LogP contribution in [0.1, 0.15) is 11.6 Å². The van der Waals surface area contributed by atoms with Gasteiger partial charge in [-0.15, -0.1) is 0 Å². The van der Waals surface area contributed by atoms with Gasteiger partial charge < -0.3 is 5.73 Å². The normalized spacial score (nSPS) is 14.8. The first-order chi connectivity index (χ1) is 7.59. The van der Waals surface area contributed by atoms with E-state index in [0.717, 1.165) is 12.4 Å². The van der Waals surface area contributed by atoms with Crippen LogP contribution in [-0.2, 0) is 0 Å². The first-order valence-electron chi connectivity index (χ1n) is 4.08. The molecule has 0 spiro atoms. The van der Waals surface area contributed by atoms with E-state index in [1.54, 1.807) is 0 Å². The number of alkyl halides is 5. The zero-order valence-corrected chi connectivity index (χ0v) is 9.41. The Hall–Kier alpha value is -0.660. The van der Waals surface area contributed by atoms with Crippen LogP contribution in [0.2, 0.25) is 10.0 Å². The van der Waals surface area contributed by atoms with Gasteiger partial charge >= 0.3 is 12.1 Å². The average molecular weight is 295 g/mol. The van der Waals surface area contributed by atoms with Crippen LogP contribution in [0, 0.1) is 0 Å². The maximum atomic E-state index is 13.0. The summed E-state index contributed by atoms with van der Waals surface area (Å²) < 4.78 is 62.3. The molecule has 0 aliphatic rings. The Morgan fingerprint density at radius 1 is 1.06 bits per heavy atom. The standard InChI is InChI=1S/C8H5Cl2F5N2/c9-3-1-17-2-4(10)5(3)6(16)7(11,12)8(13,14)15/h1-2,6H,16H2/t6-/m1/s1. The lowest BCUT2D eigenvalue weighted by molar-refractivity contribution is -0.290. The molecule has 0 bridgehead atoms. The maximum absolute atomic E-state index is 13.0. The van der Waals surface area contributed by atoms with Crippen LogP contribution in [0.25, 0.3) is 0 Å². The third-order valence-corrected chi connectivity index (χ3v) is 2.57. The van der Waals surface area contributed by atoms with E-state index in [4.69, 9.17) is 28.9 Å². The lowest BCUT2D eigenvalue weighted by atomic mass is 10.0. The summed E-state index contributed by atoms with van der Waals surface area (Å²) in [7, 11) is 0. The molecule has 0 fully saturated rings. The Labute approximate surface area is 103 Å². The zero-order valence-electron chi connectivity index (χ0n) is 7.90. The summed E-state index contributed by atoms with van der Waals surface area (Å²) in [5.41, 5.74) is 4.20. The van der Waals surface area contributed by atoms with Crippen molar-refractivity contribution < 1.29 is 22.0 Å². The van der Waals surface area contributed by atoms with E-state index >= 15 is 0 Å². The van der Waals surface area contributed by atoms with Crippen molar-refractivity contribution in [2.24, 2.45) is 5.73 Å². The Morgan fingerprint density at radius 3 is 1.82 bits per heavy atom. The van der Waals surface area contributed by atoms with Gasteiger partial charge in [-0.3, -0.25) is 4.98 Å². The van der Waals surface area contributed by atoms with Gasteiger partial charge in [0.25, 0.3) is 0 Å². The van der Waals surface area contributed by atoms with E-state index in [1.165, 1.54) is 0 Å². The molecular formula is C8H5Cl2F5N2. The van der Waals surface area contributed by atoms with E-state index in [9.17, 15) is 22.0 Å². The van der Waals surface area contributed by atoms with Gasteiger partial charge in [0.05, 0.1) is 10.0 Å². The molecule has 0 saturated carbocycles. The first kappa shape index (κ1) is 14.4. The van der Waals surface area contributed by atoms with Gasteiger partial charge in [-0.25, -0.2) is 0 Å². The van der Waals surface area contributed by atoms with Gasteiger partial charge in [0, 0.05) is 18.0 Å². The molecule has 1 aromatic heterocycles. The molecule has 96 valence electrons. The Bertz CT molecular complexity index is 401. The van der Waals surface area contributed by atoms with Gasteiger partial charge in [-0.2, -0.15) is 22.0 Å². The highest BCUT2D eigenvalue weighted by atomic mass is 35.5. The molecule has 1 heterocycles. The number of halogens is 7. The monoisotopic (exact) mass is 294 g/mol. The molecule has 1 aromatic rings. The minimum Gasteiger partial charge on any atom is -0.319 e. The van der Waals surface area contributed by atoms with Crippen molar-refractivity contribution in [2.45, 2.75) is 18.1 Å². The summed E-state index contributed by atoms with van der Waals surface area (Å²) in [4.78, 5) is 3.43. The predicted octanol–water partition coefficient (Wildman–Crippen LogP) is 3.59. The molecule has 0 aliphatic carbocycles. The SMILES string of the molecule is N[C@H](c1c(Cl)cncc1Cl)C(F)(F)C(F)(F)F. The Kier molecular flexibility index (Phi) is 3.85. The molecule has 17 heavy (non-hydrogen) atoms. The van der Waals surface area contributed by atoms with Crippen LogP contribution in [0.15, 0.2) is 12.4 Å². The largest absolute Gasteiger partial charge is 0.455 e. The van der Waals surface area contributed by atoms with Crippen molar-refractivity contribution in [3.8, 4) is 0 Å². The van der Waals surface area contributed by atoms with Gasteiger partial charge in [0.15, 0.2) is 0 Å². The van der Waals surface area contributed by atoms with Gasteiger partial charge in [0.1, 0.15) is 6.04 Å². The fraction of sp³-hybridized carbons (Fsp3) is 0.375. The van der Waals surface area contributed by atoms with Gasteiger partial charge in [-0.1, -0.05) is 23.2 Å². The highest BCUT2D eigenvalue weighted by Gasteiger charge is 2.62. The van der Waals surface area contributed by atoms with E-state index in [0.29, 0.717) is 0 Å². The summed E-state index contributed by atoms with van der Waals surface area (Å²) in [6.07, 6.45) is -4.02. The smallest absolute Gasteiger partial charge is 0.319 e. The second-order valence-corrected chi connectivity index (χ2v) is 3.93. The quantitative estimate of drug-likeness (QED) is 0.847. The molecule has 0 aromatic carbocycles. The van der Waals surface area contributed by atoms with Gasteiger partial charge in [-0.05, 0) is 0 Å². The van der Waals surface area contributed by atoms with Crippen LogP contribution in [0.3, 0.4) is 0 Å². The fourth-order valence-corrected chi connectivity index (χ4v) is 1.68. The highest BCUT2D eigenvalue weighted by Crippen LogP contribution is 2.45. The molecule has 0 aliphatic heterocycles. The number of nitrogens with zero attached hydrogens (tertiary/aromatic N) is 1. The van der Waals surface area contributed by atoms with Crippen LogP contribution in [0.4, 0.5) is 22.0 Å². The molecule has 2 N–H and O–H groups in total. The maximum Gasteiger partial charge on any atom is 0.455 e. The van der Waals surface area contributed by atoms with Crippen molar-refractivity contribution >= 4 is 23.2 Å². The Balaban J connectivity index is 3.26. The minimum atomic E-state index is -5.79. The second-order valence-electron chi connectivity index (χ2n) is 3.12. The van der Waals surface area contributed by atoms with Crippen molar-refractivity contribution in [1.29, 1.82) is 0 Å². The third-order valence-electron chi connectivity index (χ3n) is 1.97. The number of hydrogen-bond acceptors (Lipinski definition) is 2. The Morgan fingerprint density at radius 2 is 1.47 bits per heavy atom. The van der Waals surface area contributed by atoms with Crippen LogP contribution < -0.4 is 5.73 Å². The molecule has 1 atom stereocenters. The number of rotatable bonds is 2. The fourth-order valence-electron chi connectivity index (χ4n) is 1.08. The summed E-state index contributed by atoms with van der Waals surface area (Å²) in [6.45, 7) is 0. The minimum absolute atomic E-state index is 0.450. The lowest BCUT2D eigenvalue weighted by Gasteiger charge is -2.26. The van der Waals surface area contributed by atoms with E-state index in [1.807, 2.05) is 0 Å². The summed E-state index contributed by atoms with van der Waals surface area (Å²) in [5, 5.41) is -0.900. The lowest BCUT2D eigenvalue weighted by Crippen LogP contribution is -2.46. The number of hydrogen-bond donors (Lipinski definition) is 1. The third kappa shape index (κ3) is 2.61. The average Bonchev–Trinajstić information content (AvgIpc) is 2.15. The highest BCUT2D eigenvalue weighted by molar-refractivity contribution is 6.35. The van der Waals surface area contributed by atoms with E-state index < -0.39 is 33.7 Å². The van der Waals surface area contributed by atoms with Crippen LogP contribution >= 0.6 is 23.2 Å². The number of aromatic nitrogens is 1. The van der Waals surface area contributed by atoms with Crippen molar-refractivity contribution in [3.05, 3.63) is 28.0 Å².